The third-order valence-corrected chi connectivity index (χ3v) is 14.4. The third-order valence-electron chi connectivity index (χ3n) is 9.91. The maximum Gasteiger partial charge on any atom is 0.364 e. The topological polar surface area (TPSA) is 46.5 Å². The summed E-state index contributed by atoms with van der Waals surface area (Å²) in [5.74, 6) is 0.0671. The van der Waals surface area contributed by atoms with E-state index in [2.05, 4.69) is 46.9 Å². The standard InChI is InChI=1S/C26H41FO3Si/c1-25(2,3)31(5,6)30-17-8-10-18-16(15-17)7-9-20-19(18)13-14-26(4)21(20)11-12-22(26)23(27)24(28)29/h7,17-21H,8-15H2,1-6H3,(H,28,29)/t17-,18-,19+,20+,21-,26-/m0/s1. The minimum absolute atomic E-state index is 0.239. The van der Waals surface area contributed by atoms with Gasteiger partial charge in [0.1, 0.15) is 0 Å². The van der Waals surface area contributed by atoms with Crippen LogP contribution in [0.5, 0.6) is 0 Å². The van der Waals surface area contributed by atoms with E-state index in [1.807, 2.05) is 0 Å². The first-order chi connectivity index (χ1) is 14.3. The lowest BCUT2D eigenvalue weighted by Gasteiger charge is -2.53. The van der Waals surface area contributed by atoms with E-state index in [1.54, 1.807) is 5.57 Å². The molecule has 31 heavy (non-hydrogen) atoms. The fourth-order valence-corrected chi connectivity index (χ4v) is 8.62. The molecule has 0 heterocycles. The number of hydrogen-bond donors (Lipinski definition) is 1. The van der Waals surface area contributed by atoms with Gasteiger partial charge < -0.3 is 9.53 Å². The highest BCUT2D eigenvalue weighted by atomic mass is 28.4. The van der Waals surface area contributed by atoms with Crippen molar-refractivity contribution in [2.45, 2.75) is 103 Å². The molecule has 0 aliphatic heterocycles. The maximum absolute atomic E-state index is 14.5. The van der Waals surface area contributed by atoms with Crippen molar-refractivity contribution in [1.82, 2.24) is 0 Å². The molecule has 0 unspecified atom stereocenters. The van der Waals surface area contributed by atoms with Crippen LogP contribution < -0.4 is 0 Å². The van der Waals surface area contributed by atoms with Gasteiger partial charge in [-0.25, -0.2) is 4.79 Å². The first kappa shape index (κ1) is 23.2. The summed E-state index contributed by atoms with van der Waals surface area (Å²) in [6, 6.07) is 0. The third kappa shape index (κ3) is 3.88. The lowest BCUT2D eigenvalue weighted by molar-refractivity contribution is -0.134. The van der Waals surface area contributed by atoms with Gasteiger partial charge in [0.05, 0.1) is 0 Å². The van der Waals surface area contributed by atoms with E-state index in [9.17, 15) is 14.3 Å². The molecule has 0 spiro atoms. The average Bonchev–Trinajstić information content (AvgIpc) is 3.02. The van der Waals surface area contributed by atoms with Crippen molar-refractivity contribution >= 4 is 14.3 Å². The molecule has 174 valence electrons. The van der Waals surface area contributed by atoms with E-state index in [0.717, 1.165) is 38.5 Å². The molecule has 0 aromatic rings. The number of allylic oxidation sites excluding steroid dienone is 2. The van der Waals surface area contributed by atoms with E-state index in [1.165, 1.54) is 6.42 Å². The quantitative estimate of drug-likeness (QED) is 0.281. The predicted molar refractivity (Wildman–Crippen MR) is 125 cm³/mol. The highest BCUT2D eigenvalue weighted by molar-refractivity contribution is 6.74. The van der Waals surface area contributed by atoms with Gasteiger partial charge in [-0.15, -0.1) is 0 Å². The highest BCUT2D eigenvalue weighted by Crippen LogP contribution is 2.63. The Balaban J connectivity index is 1.51. The van der Waals surface area contributed by atoms with Crippen molar-refractivity contribution in [2.24, 2.45) is 29.1 Å². The van der Waals surface area contributed by atoms with E-state index in [0.29, 0.717) is 41.8 Å². The molecular formula is C26H41FO3Si. The average molecular weight is 449 g/mol. The minimum Gasteiger partial charge on any atom is -0.476 e. The fourth-order valence-electron chi connectivity index (χ4n) is 7.23. The Labute approximate surface area is 188 Å². The molecular weight excluding hydrogens is 407 g/mol. The van der Waals surface area contributed by atoms with Crippen LogP contribution in [0.1, 0.15) is 79.1 Å². The molecule has 4 aliphatic rings. The molecule has 3 nitrogen and oxygen atoms in total. The Hall–Kier alpha value is -0.943. The van der Waals surface area contributed by atoms with Crippen molar-refractivity contribution in [3.8, 4) is 0 Å². The van der Waals surface area contributed by atoms with E-state index in [-0.39, 0.29) is 10.5 Å². The summed E-state index contributed by atoms with van der Waals surface area (Å²) >= 11 is 0. The number of rotatable bonds is 3. The number of halogens is 1. The molecule has 3 saturated carbocycles. The number of hydrogen-bond acceptors (Lipinski definition) is 2. The zero-order valence-corrected chi connectivity index (χ0v) is 21.3. The van der Waals surface area contributed by atoms with E-state index in [4.69, 9.17) is 4.43 Å². The van der Waals surface area contributed by atoms with Crippen LogP contribution in [0.3, 0.4) is 0 Å². The molecule has 4 rings (SSSR count). The lowest BCUT2D eigenvalue weighted by atomic mass is 9.52. The van der Waals surface area contributed by atoms with Crippen LogP contribution >= 0.6 is 0 Å². The number of aliphatic carboxylic acids is 1. The van der Waals surface area contributed by atoms with Gasteiger partial charge in [0.25, 0.3) is 0 Å². The molecule has 5 heteroatoms. The van der Waals surface area contributed by atoms with Gasteiger partial charge >= 0.3 is 5.97 Å². The second-order valence-electron chi connectivity index (χ2n) is 12.4. The van der Waals surface area contributed by atoms with Crippen LogP contribution in [0.15, 0.2) is 23.0 Å². The summed E-state index contributed by atoms with van der Waals surface area (Å²) in [6.45, 7) is 13.8. The number of fused-ring (bicyclic) bond motifs is 5. The van der Waals surface area contributed by atoms with Gasteiger partial charge in [-0.1, -0.05) is 39.3 Å². The largest absolute Gasteiger partial charge is 0.476 e. The van der Waals surface area contributed by atoms with Crippen LogP contribution in [0, 0.1) is 29.1 Å². The lowest BCUT2D eigenvalue weighted by Crippen LogP contribution is -2.47. The van der Waals surface area contributed by atoms with Crippen molar-refractivity contribution in [2.75, 3.05) is 0 Å². The van der Waals surface area contributed by atoms with Crippen molar-refractivity contribution in [3.05, 3.63) is 23.0 Å². The molecule has 0 saturated heterocycles. The number of carboxylic acids is 1. The highest BCUT2D eigenvalue weighted by Gasteiger charge is 2.55. The Morgan fingerprint density at radius 1 is 1.19 bits per heavy atom. The molecule has 0 aromatic heterocycles. The van der Waals surface area contributed by atoms with Gasteiger partial charge in [-0.2, -0.15) is 4.39 Å². The monoisotopic (exact) mass is 448 g/mol. The molecule has 6 atom stereocenters. The zero-order valence-electron chi connectivity index (χ0n) is 20.3. The van der Waals surface area contributed by atoms with Crippen molar-refractivity contribution in [1.29, 1.82) is 0 Å². The van der Waals surface area contributed by atoms with Crippen LogP contribution in [-0.2, 0) is 9.22 Å². The Kier molecular flexibility index (Phi) is 5.86. The molecule has 0 radical (unpaired) electrons. The Bertz CT molecular complexity index is 808. The predicted octanol–water partition coefficient (Wildman–Crippen LogP) is 7.26. The van der Waals surface area contributed by atoms with Crippen LogP contribution in [0.25, 0.3) is 0 Å². The molecule has 3 fully saturated rings. The summed E-state index contributed by atoms with van der Waals surface area (Å²) in [5, 5.41) is 9.48. The molecule has 1 N–H and O–H groups in total. The number of carbonyl (C=O) groups is 1. The minimum atomic E-state index is -1.75. The van der Waals surface area contributed by atoms with Crippen LogP contribution in [-0.4, -0.2) is 25.5 Å². The maximum atomic E-state index is 14.5. The zero-order chi connectivity index (χ0) is 22.8. The second kappa shape index (κ2) is 7.83. The van der Waals surface area contributed by atoms with E-state index < -0.39 is 20.1 Å². The molecule has 0 bridgehead atoms. The summed E-state index contributed by atoms with van der Waals surface area (Å²) in [7, 11) is -1.75. The first-order valence-electron chi connectivity index (χ1n) is 12.3. The first-order valence-corrected chi connectivity index (χ1v) is 15.2. The summed E-state index contributed by atoms with van der Waals surface area (Å²) < 4.78 is 21.2. The van der Waals surface area contributed by atoms with Crippen LogP contribution in [0.2, 0.25) is 18.1 Å². The normalized spacial score (nSPS) is 39.8. The summed E-state index contributed by atoms with van der Waals surface area (Å²) in [5.41, 5.74) is 1.94. The Morgan fingerprint density at radius 2 is 1.90 bits per heavy atom. The number of carboxylic acid groups (broad SMARTS) is 1. The second-order valence-corrected chi connectivity index (χ2v) is 17.2. The Morgan fingerprint density at radius 3 is 2.55 bits per heavy atom. The molecule has 0 amide bonds. The van der Waals surface area contributed by atoms with Gasteiger partial charge in [0.15, 0.2) is 8.32 Å². The summed E-state index contributed by atoms with van der Waals surface area (Å²) in [4.78, 5) is 11.3. The SMILES string of the molecule is CC(C)(C)[Si](C)(C)O[C@H]1CC[C@H]2C(=CC[C@@H]3[C@@H]2CC[C@]2(C)C(=C(F)C(=O)O)CC[C@@H]32)C1. The van der Waals surface area contributed by atoms with Gasteiger partial charge in [0.2, 0.25) is 5.83 Å². The summed E-state index contributed by atoms with van der Waals surface area (Å²) in [6.07, 6.45) is 11.0. The van der Waals surface area contributed by atoms with E-state index >= 15 is 0 Å². The molecule has 0 aromatic carbocycles. The fraction of sp³-hybridized carbons (Fsp3) is 0.808. The smallest absolute Gasteiger partial charge is 0.364 e. The molecule has 4 aliphatic carbocycles. The van der Waals surface area contributed by atoms with Gasteiger partial charge in [-0.05, 0) is 104 Å². The van der Waals surface area contributed by atoms with Crippen LogP contribution in [0.4, 0.5) is 4.39 Å². The van der Waals surface area contributed by atoms with Gasteiger partial charge in [0, 0.05) is 6.10 Å². The van der Waals surface area contributed by atoms with Gasteiger partial charge in [-0.3, -0.25) is 0 Å². The van der Waals surface area contributed by atoms with Crippen molar-refractivity contribution in [3.63, 3.8) is 0 Å². The van der Waals surface area contributed by atoms with Crippen molar-refractivity contribution < 1.29 is 18.7 Å².